The normalized spacial score (nSPS) is 32.4. The smallest absolute Gasteiger partial charge is 0.119 e. The summed E-state index contributed by atoms with van der Waals surface area (Å²) in [5, 5.41) is 9.95. The average molecular weight is 245 g/mol. The molecule has 1 heterocycles. The van der Waals surface area contributed by atoms with Crippen LogP contribution >= 0.6 is 0 Å². The predicted molar refractivity (Wildman–Crippen MR) is 73.7 cm³/mol. The van der Waals surface area contributed by atoms with Gasteiger partial charge in [-0.3, -0.25) is 4.90 Å². The van der Waals surface area contributed by atoms with Crippen LogP contribution in [0.4, 0.5) is 0 Å². The van der Waals surface area contributed by atoms with Crippen molar-refractivity contribution in [3.8, 4) is 5.75 Å². The van der Waals surface area contributed by atoms with E-state index in [2.05, 4.69) is 24.8 Å². The van der Waals surface area contributed by atoms with Crippen LogP contribution in [0.3, 0.4) is 0 Å². The number of hydrogen-bond donors (Lipinski definition) is 1. The third-order valence-corrected chi connectivity index (χ3v) is 4.78. The minimum Gasteiger partial charge on any atom is -0.508 e. The Labute approximate surface area is 110 Å². The summed E-state index contributed by atoms with van der Waals surface area (Å²) >= 11 is 0. The van der Waals surface area contributed by atoms with Crippen molar-refractivity contribution in [3.63, 3.8) is 0 Å². The summed E-state index contributed by atoms with van der Waals surface area (Å²) in [5.74, 6) is 1.30. The molecule has 1 aliphatic carbocycles. The highest BCUT2D eigenvalue weighted by molar-refractivity contribution is 5.44. The molecule has 1 N–H and O–H groups in total. The highest BCUT2D eigenvalue weighted by Crippen LogP contribution is 2.42. The molecule has 2 heteroatoms. The molecule has 1 aromatic rings. The summed E-state index contributed by atoms with van der Waals surface area (Å²) in [6.45, 7) is 5.92. The fourth-order valence-corrected chi connectivity index (χ4v) is 3.71. The Balaban J connectivity index is 1.89. The van der Waals surface area contributed by atoms with E-state index in [4.69, 9.17) is 0 Å². The highest BCUT2D eigenvalue weighted by Gasteiger charge is 2.34. The monoisotopic (exact) mass is 245 g/mol. The molecule has 0 saturated carbocycles. The minimum absolute atomic E-state index is 0.493. The molecule has 98 valence electrons. The Kier molecular flexibility index (Phi) is 3.06. The number of phenols is 1. The summed E-state index contributed by atoms with van der Waals surface area (Å²) in [4.78, 5) is 2.67. The molecule has 0 aromatic heterocycles. The summed E-state index contributed by atoms with van der Waals surface area (Å²) in [6.07, 6.45) is 4.87. The van der Waals surface area contributed by atoms with Crippen molar-refractivity contribution in [2.45, 2.75) is 51.6 Å². The third kappa shape index (κ3) is 1.93. The van der Waals surface area contributed by atoms with Crippen LogP contribution in [0.5, 0.6) is 5.75 Å². The lowest BCUT2D eigenvalue weighted by atomic mass is 9.92. The molecule has 18 heavy (non-hydrogen) atoms. The predicted octanol–water partition coefficient (Wildman–Crippen LogP) is 3.50. The molecule has 2 nitrogen and oxygen atoms in total. The fraction of sp³-hybridized carbons (Fsp3) is 0.625. The molecule has 1 fully saturated rings. The number of rotatable bonds is 1. The first-order valence-corrected chi connectivity index (χ1v) is 7.23. The number of phenolic OH excluding ortho intramolecular Hbond substituents is 1. The van der Waals surface area contributed by atoms with Gasteiger partial charge in [-0.15, -0.1) is 0 Å². The fourth-order valence-electron chi connectivity index (χ4n) is 3.71. The Bertz CT molecular complexity index is 443. The Hall–Kier alpha value is -1.02. The van der Waals surface area contributed by atoms with E-state index in [1.807, 2.05) is 12.1 Å². The summed E-state index contributed by atoms with van der Waals surface area (Å²) in [7, 11) is 0. The lowest BCUT2D eigenvalue weighted by Gasteiger charge is -2.41. The quantitative estimate of drug-likeness (QED) is 0.818. The number of fused-ring (bicyclic) bond motifs is 1. The lowest BCUT2D eigenvalue weighted by molar-refractivity contribution is 0.0768. The van der Waals surface area contributed by atoms with Crippen LogP contribution in [0.1, 0.15) is 50.3 Å². The molecule has 0 bridgehead atoms. The van der Waals surface area contributed by atoms with Crippen LogP contribution in [0.25, 0.3) is 0 Å². The summed E-state index contributed by atoms with van der Waals surface area (Å²) < 4.78 is 0. The van der Waals surface area contributed by atoms with Crippen LogP contribution in [0, 0.1) is 5.92 Å². The molecule has 3 unspecified atom stereocenters. The number of piperidine rings is 1. The van der Waals surface area contributed by atoms with Crippen molar-refractivity contribution < 1.29 is 5.11 Å². The summed E-state index contributed by atoms with van der Waals surface area (Å²) in [6, 6.07) is 7.23. The van der Waals surface area contributed by atoms with E-state index >= 15 is 0 Å². The van der Waals surface area contributed by atoms with Gasteiger partial charge in [-0.25, -0.2) is 0 Å². The zero-order valence-electron chi connectivity index (χ0n) is 11.4. The maximum Gasteiger partial charge on any atom is 0.119 e. The molecule has 3 atom stereocenters. The van der Waals surface area contributed by atoms with Gasteiger partial charge in [0.1, 0.15) is 5.75 Å². The van der Waals surface area contributed by atoms with Crippen LogP contribution in [-0.2, 0) is 6.42 Å². The van der Waals surface area contributed by atoms with Crippen molar-refractivity contribution in [1.29, 1.82) is 0 Å². The highest BCUT2D eigenvalue weighted by atomic mass is 16.3. The second-order valence-corrected chi connectivity index (χ2v) is 6.13. The van der Waals surface area contributed by atoms with E-state index < -0.39 is 0 Å². The molecule has 1 aliphatic heterocycles. The van der Waals surface area contributed by atoms with E-state index in [1.165, 1.54) is 36.9 Å². The van der Waals surface area contributed by atoms with Gasteiger partial charge in [-0.2, -0.15) is 0 Å². The molecule has 3 rings (SSSR count). The SMILES string of the molecule is CC1CCC(C)N(C2CCc3c(O)cccc32)C1. The van der Waals surface area contributed by atoms with Gasteiger partial charge in [0.25, 0.3) is 0 Å². The van der Waals surface area contributed by atoms with Gasteiger partial charge < -0.3 is 5.11 Å². The van der Waals surface area contributed by atoms with E-state index in [1.54, 1.807) is 0 Å². The van der Waals surface area contributed by atoms with Crippen molar-refractivity contribution in [2.75, 3.05) is 6.54 Å². The molecule has 0 radical (unpaired) electrons. The topological polar surface area (TPSA) is 23.5 Å². The second kappa shape index (κ2) is 4.58. The van der Waals surface area contributed by atoms with Crippen LogP contribution in [-0.4, -0.2) is 22.6 Å². The first-order valence-electron chi connectivity index (χ1n) is 7.23. The van der Waals surface area contributed by atoms with Gasteiger partial charge in [0, 0.05) is 18.6 Å². The molecule has 0 spiro atoms. The lowest BCUT2D eigenvalue weighted by Crippen LogP contribution is -2.42. The van der Waals surface area contributed by atoms with E-state index in [9.17, 15) is 5.11 Å². The van der Waals surface area contributed by atoms with Crippen LogP contribution in [0.2, 0.25) is 0 Å². The standard InChI is InChI=1S/C16H23NO/c1-11-6-7-12(2)17(10-11)15-9-8-14-13(15)4-3-5-16(14)18/h3-5,11-12,15,18H,6-10H2,1-2H3. The van der Waals surface area contributed by atoms with Gasteiger partial charge in [0.2, 0.25) is 0 Å². The largest absolute Gasteiger partial charge is 0.508 e. The second-order valence-electron chi connectivity index (χ2n) is 6.13. The van der Waals surface area contributed by atoms with Crippen LogP contribution in [0.15, 0.2) is 18.2 Å². The molecular weight excluding hydrogens is 222 g/mol. The van der Waals surface area contributed by atoms with Gasteiger partial charge in [0.05, 0.1) is 0 Å². The number of likely N-dealkylation sites (tertiary alicyclic amines) is 1. The van der Waals surface area contributed by atoms with E-state index in [0.717, 1.165) is 12.3 Å². The first kappa shape index (κ1) is 12.0. The molecule has 1 aromatic carbocycles. The zero-order chi connectivity index (χ0) is 12.7. The molecule has 2 aliphatic rings. The maximum absolute atomic E-state index is 9.95. The van der Waals surface area contributed by atoms with Crippen molar-refractivity contribution in [2.24, 2.45) is 5.92 Å². The molecular formula is C16H23NO. The Morgan fingerprint density at radius 3 is 2.83 bits per heavy atom. The Morgan fingerprint density at radius 2 is 2.00 bits per heavy atom. The molecule has 0 amide bonds. The molecule has 1 saturated heterocycles. The average Bonchev–Trinajstić information content (AvgIpc) is 2.77. The van der Waals surface area contributed by atoms with Crippen molar-refractivity contribution in [1.82, 2.24) is 4.90 Å². The van der Waals surface area contributed by atoms with Gasteiger partial charge in [-0.1, -0.05) is 19.1 Å². The Morgan fingerprint density at radius 1 is 1.17 bits per heavy atom. The van der Waals surface area contributed by atoms with Gasteiger partial charge >= 0.3 is 0 Å². The van der Waals surface area contributed by atoms with E-state index in [0.29, 0.717) is 17.8 Å². The number of nitrogens with zero attached hydrogens (tertiary/aromatic N) is 1. The number of hydrogen-bond acceptors (Lipinski definition) is 2. The van der Waals surface area contributed by atoms with Gasteiger partial charge in [-0.05, 0) is 55.7 Å². The third-order valence-electron chi connectivity index (χ3n) is 4.78. The van der Waals surface area contributed by atoms with Crippen molar-refractivity contribution in [3.05, 3.63) is 29.3 Å². The minimum atomic E-state index is 0.493. The van der Waals surface area contributed by atoms with Crippen molar-refractivity contribution >= 4 is 0 Å². The summed E-state index contributed by atoms with van der Waals surface area (Å²) in [5.41, 5.74) is 2.56. The zero-order valence-corrected chi connectivity index (χ0v) is 11.4. The first-order chi connectivity index (χ1) is 8.66. The van der Waals surface area contributed by atoms with Crippen LogP contribution < -0.4 is 0 Å². The van der Waals surface area contributed by atoms with E-state index in [-0.39, 0.29) is 0 Å². The van der Waals surface area contributed by atoms with Gasteiger partial charge in [0.15, 0.2) is 0 Å². The maximum atomic E-state index is 9.95. The number of benzene rings is 1. The number of aromatic hydroxyl groups is 1.